The van der Waals surface area contributed by atoms with E-state index in [4.69, 9.17) is 9.47 Å². The van der Waals surface area contributed by atoms with E-state index in [1.165, 1.54) is 0 Å². The number of ether oxygens (including phenoxy) is 2. The van der Waals surface area contributed by atoms with Gasteiger partial charge in [0, 0.05) is 50.8 Å². The lowest BCUT2D eigenvalue weighted by atomic mass is 10.3. The van der Waals surface area contributed by atoms with Crippen molar-refractivity contribution in [1.29, 1.82) is 0 Å². The fraction of sp³-hybridized carbons (Fsp3) is 0.500. The van der Waals surface area contributed by atoms with Crippen LogP contribution in [0.3, 0.4) is 0 Å². The molecule has 6 nitrogen and oxygen atoms in total. The van der Waals surface area contributed by atoms with Crippen molar-refractivity contribution in [3.8, 4) is 0 Å². The zero-order chi connectivity index (χ0) is 15.3. The molecule has 2 aromatic heterocycles. The molecule has 118 valence electrons. The van der Waals surface area contributed by atoms with Gasteiger partial charge in [-0.25, -0.2) is 19.9 Å². The van der Waals surface area contributed by atoms with Gasteiger partial charge in [0.05, 0.1) is 13.2 Å². The zero-order valence-electron chi connectivity index (χ0n) is 12.7. The molecule has 0 aliphatic rings. The second-order valence-corrected chi connectivity index (χ2v) is 4.76. The lowest BCUT2D eigenvalue weighted by Crippen LogP contribution is -2.06. The molecule has 0 bridgehead atoms. The summed E-state index contributed by atoms with van der Waals surface area (Å²) in [4.78, 5) is 16.6. The Balaban J connectivity index is 1.37. The van der Waals surface area contributed by atoms with Crippen molar-refractivity contribution in [2.75, 3.05) is 26.4 Å². The Morgan fingerprint density at radius 2 is 1.00 bits per heavy atom. The summed E-state index contributed by atoms with van der Waals surface area (Å²) in [5.74, 6) is 1.66. The first-order chi connectivity index (χ1) is 10.9. The summed E-state index contributed by atoms with van der Waals surface area (Å²) in [6.07, 6.45) is 10.5. The van der Waals surface area contributed by atoms with Crippen LogP contribution >= 0.6 is 0 Å². The third kappa shape index (κ3) is 7.19. The summed E-state index contributed by atoms with van der Waals surface area (Å²) < 4.78 is 11.1. The van der Waals surface area contributed by atoms with Crippen LogP contribution in [0.25, 0.3) is 0 Å². The fourth-order valence-corrected chi connectivity index (χ4v) is 1.86. The molecule has 6 heteroatoms. The largest absolute Gasteiger partial charge is 0.381 e. The van der Waals surface area contributed by atoms with E-state index < -0.39 is 0 Å². The van der Waals surface area contributed by atoms with Crippen LogP contribution in [-0.4, -0.2) is 46.4 Å². The monoisotopic (exact) mass is 302 g/mol. The smallest absolute Gasteiger partial charge is 0.130 e. The van der Waals surface area contributed by atoms with Crippen LogP contribution < -0.4 is 0 Å². The highest BCUT2D eigenvalue weighted by atomic mass is 16.5. The molecule has 0 aliphatic carbocycles. The van der Waals surface area contributed by atoms with Crippen LogP contribution in [0.4, 0.5) is 0 Å². The number of hydrogen-bond donors (Lipinski definition) is 0. The van der Waals surface area contributed by atoms with Crippen LogP contribution in [0, 0.1) is 0 Å². The number of rotatable bonds is 11. The van der Waals surface area contributed by atoms with Crippen molar-refractivity contribution >= 4 is 0 Å². The molecule has 0 saturated heterocycles. The molecule has 0 N–H and O–H groups in total. The number of aromatic nitrogens is 4. The van der Waals surface area contributed by atoms with Gasteiger partial charge in [-0.3, -0.25) is 0 Å². The molecule has 2 aromatic rings. The Kier molecular flexibility index (Phi) is 8.04. The van der Waals surface area contributed by atoms with Gasteiger partial charge in [0.2, 0.25) is 0 Å². The highest BCUT2D eigenvalue weighted by Crippen LogP contribution is 1.96. The van der Waals surface area contributed by atoms with E-state index in [1.807, 2.05) is 12.1 Å². The SMILES string of the molecule is c1cnc(CCOCCCCOCCc2ncccn2)nc1. The molecule has 0 atom stereocenters. The zero-order valence-corrected chi connectivity index (χ0v) is 12.7. The predicted molar refractivity (Wildman–Crippen MR) is 82.3 cm³/mol. The normalized spacial score (nSPS) is 10.7. The Hall–Kier alpha value is -1.92. The lowest BCUT2D eigenvalue weighted by molar-refractivity contribution is 0.104. The maximum absolute atomic E-state index is 5.56. The molecule has 0 radical (unpaired) electrons. The van der Waals surface area contributed by atoms with Crippen LogP contribution in [0.1, 0.15) is 24.5 Å². The van der Waals surface area contributed by atoms with Crippen molar-refractivity contribution < 1.29 is 9.47 Å². The van der Waals surface area contributed by atoms with Crippen LogP contribution in [0.2, 0.25) is 0 Å². The van der Waals surface area contributed by atoms with Gasteiger partial charge in [-0.1, -0.05) is 0 Å². The van der Waals surface area contributed by atoms with E-state index in [-0.39, 0.29) is 0 Å². The van der Waals surface area contributed by atoms with Gasteiger partial charge in [-0.2, -0.15) is 0 Å². The van der Waals surface area contributed by atoms with Gasteiger partial charge < -0.3 is 9.47 Å². The molecule has 0 amide bonds. The highest BCUT2D eigenvalue weighted by molar-refractivity contribution is 4.88. The minimum absolute atomic E-state index is 0.663. The average Bonchev–Trinajstić information content (AvgIpc) is 2.58. The summed E-state index contributed by atoms with van der Waals surface area (Å²) in [5.41, 5.74) is 0. The molecular weight excluding hydrogens is 280 g/mol. The highest BCUT2D eigenvalue weighted by Gasteiger charge is 1.97. The Morgan fingerprint density at radius 3 is 1.41 bits per heavy atom. The molecule has 0 aromatic carbocycles. The quantitative estimate of drug-likeness (QED) is 0.590. The van der Waals surface area contributed by atoms with Crippen molar-refractivity contribution in [1.82, 2.24) is 19.9 Å². The maximum atomic E-state index is 5.56. The van der Waals surface area contributed by atoms with Crippen molar-refractivity contribution in [2.45, 2.75) is 25.7 Å². The summed E-state index contributed by atoms with van der Waals surface area (Å²) in [6, 6.07) is 3.63. The predicted octanol–water partition coefficient (Wildman–Crippen LogP) is 1.87. The molecule has 0 fully saturated rings. The molecule has 0 saturated carbocycles. The second kappa shape index (κ2) is 10.8. The maximum Gasteiger partial charge on any atom is 0.130 e. The molecular formula is C16H22N4O2. The molecule has 0 spiro atoms. The Bertz CT molecular complexity index is 449. The van der Waals surface area contributed by atoms with Crippen molar-refractivity contribution in [3.05, 3.63) is 48.6 Å². The third-order valence-corrected chi connectivity index (χ3v) is 3.01. The topological polar surface area (TPSA) is 70.0 Å². The molecule has 2 heterocycles. The summed E-state index contributed by atoms with van der Waals surface area (Å²) >= 11 is 0. The van der Waals surface area contributed by atoms with Gasteiger partial charge in [-0.15, -0.1) is 0 Å². The molecule has 22 heavy (non-hydrogen) atoms. The van der Waals surface area contributed by atoms with Gasteiger partial charge in [-0.05, 0) is 25.0 Å². The van der Waals surface area contributed by atoms with Gasteiger partial charge >= 0.3 is 0 Å². The van der Waals surface area contributed by atoms with Crippen LogP contribution in [0.5, 0.6) is 0 Å². The first kappa shape index (κ1) is 16.5. The summed E-state index contributed by atoms with van der Waals surface area (Å²) in [6.45, 7) is 2.82. The van der Waals surface area contributed by atoms with E-state index in [0.717, 1.165) is 50.5 Å². The van der Waals surface area contributed by atoms with Crippen molar-refractivity contribution in [3.63, 3.8) is 0 Å². The Morgan fingerprint density at radius 1 is 0.591 bits per heavy atom. The summed E-state index contributed by atoms with van der Waals surface area (Å²) in [5, 5.41) is 0. The second-order valence-electron chi connectivity index (χ2n) is 4.76. The Labute approximate surface area is 131 Å². The first-order valence-electron chi connectivity index (χ1n) is 7.62. The van der Waals surface area contributed by atoms with E-state index in [0.29, 0.717) is 13.2 Å². The lowest BCUT2D eigenvalue weighted by Gasteiger charge is -2.05. The average molecular weight is 302 g/mol. The van der Waals surface area contributed by atoms with Gasteiger partial charge in [0.1, 0.15) is 11.6 Å². The third-order valence-electron chi connectivity index (χ3n) is 3.01. The van der Waals surface area contributed by atoms with E-state index in [9.17, 15) is 0 Å². The standard InChI is InChI=1S/C16H22N4O2/c1(11-21-13-5-15-17-7-3-8-18-15)2-12-22-14-6-16-19-9-4-10-20-16/h3-4,7-10H,1-2,5-6,11-14H2. The molecule has 0 aliphatic heterocycles. The van der Waals surface area contributed by atoms with Crippen LogP contribution in [0.15, 0.2) is 36.9 Å². The van der Waals surface area contributed by atoms with Gasteiger partial charge in [0.15, 0.2) is 0 Å². The van der Waals surface area contributed by atoms with E-state index in [2.05, 4.69) is 19.9 Å². The molecule has 2 rings (SSSR count). The van der Waals surface area contributed by atoms with Crippen molar-refractivity contribution in [2.24, 2.45) is 0 Å². The minimum atomic E-state index is 0.663. The number of unbranched alkanes of at least 4 members (excludes halogenated alkanes) is 1. The summed E-state index contributed by atoms with van der Waals surface area (Å²) in [7, 11) is 0. The number of nitrogens with zero attached hydrogens (tertiary/aromatic N) is 4. The van der Waals surface area contributed by atoms with E-state index in [1.54, 1.807) is 24.8 Å². The van der Waals surface area contributed by atoms with Crippen LogP contribution in [-0.2, 0) is 22.3 Å². The first-order valence-corrected chi connectivity index (χ1v) is 7.62. The minimum Gasteiger partial charge on any atom is -0.381 e. The molecule has 0 unspecified atom stereocenters. The number of hydrogen-bond acceptors (Lipinski definition) is 6. The fourth-order valence-electron chi connectivity index (χ4n) is 1.86. The van der Waals surface area contributed by atoms with E-state index >= 15 is 0 Å². The van der Waals surface area contributed by atoms with Gasteiger partial charge in [0.25, 0.3) is 0 Å².